The Hall–Kier alpha value is -9.97. The SMILES string of the molecule is CC(C)(C)c1ccc2c(-c3cc(C(F)(F)F)n[n-]3)nccc2c1.CC(C)(C)c1ccc2c(-c3cc(C(F)(F)F)n[n-]3)nccc2c1.CC(C)(C)c1ccc2cnc(-c3cc(C(F)(F)F)n[n-]3)cc2c1.Cc1cc(-c2cc(C(C)(C)C)ccn2)[n-]n1.Cc1cc(-c2ccccn2)[n-]n1.Cc1cc(-c2ccccn2)[n-]n1.[Pt+2].[Pt+2].[Pt+2]. The maximum atomic E-state index is 12.7. The van der Waals surface area contributed by atoms with Crippen molar-refractivity contribution in [2.75, 3.05) is 0 Å². The molecular weight excluding hydrogens is 1990 g/mol. The van der Waals surface area contributed by atoms with Crippen LogP contribution in [0.2, 0.25) is 0 Å². The Bertz CT molecular complexity index is 5290. The minimum absolute atomic E-state index is 0. The molecule has 112 heavy (non-hydrogen) atoms. The molecule has 0 aliphatic heterocycles. The van der Waals surface area contributed by atoms with Gasteiger partial charge in [0.1, 0.15) is 17.1 Å². The van der Waals surface area contributed by atoms with Crippen molar-refractivity contribution in [3.63, 3.8) is 0 Å². The summed E-state index contributed by atoms with van der Waals surface area (Å²) in [5.74, 6) is 0. The van der Waals surface area contributed by atoms with Gasteiger partial charge in [0.2, 0.25) is 0 Å². The Labute approximate surface area is 685 Å². The Kier molecular flexibility index (Phi) is 29.2. The summed E-state index contributed by atoms with van der Waals surface area (Å²) in [5.41, 5.74) is 11.3. The predicted molar refractivity (Wildman–Crippen MR) is 401 cm³/mol. The second-order valence-electron chi connectivity index (χ2n) is 29.6. The van der Waals surface area contributed by atoms with Crippen LogP contribution >= 0.6 is 0 Å². The van der Waals surface area contributed by atoms with Crippen molar-refractivity contribution in [2.24, 2.45) is 0 Å². The molecule has 30 heteroatoms. The molecule has 12 aromatic heterocycles. The van der Waals surface area contributed by atoms with Gasteiger partial charge in [-0.1, -0.05) is 202 Å². The van der Waals surface area contributed by atoms with Crippen LogP contribution in [0.3, 0.4) is 0 Å². The number of aryl methyl sites for hydroxylation is 3. The summed E-state index contributed by atoms with van der Waals surface area (Å²) in [6.45, 7) is 31.3. The molecule has 0 N–H and O–H groups in total. The third-order valence-corrected chi connectivity index (χ3v) is 16.8. The van der Waals surface area contributed by atoms with E-state index in [2.05, 4.69) is 180 Å². The molecule has 0 spiro atoms. The molecule has 0 saturated carbocycles. The second-order valence-corrected chi connectivity index (χ2v) is 29.6. The average molecular weight is 2070 g/mol. The zero-order valence-corrected chi connectivity index (χ0v) is 70.2. The van der Waals surface area contributed by atoms with Crippen molar-refractivity contribution in [3.05, 3.63) is 251 Å². The summed E-state index contributed by atoms with van der Waals surface area (Å²) in [5, 5.41) is 49.5. The molecule has 15 rings (SSSR count). The summed E-state index contributed by atoms with van der Waals surface area (Å²) >= 11 is 0. The average Bonchev–Trinajstić information content (AvgIpc) is 1.33. The largest absolute Gasteiger partial charge is 2.00 e. The van der Waals surface area contributed by atoms with Crippen LogP contribution in [-0.2, 0) is 103 Å². The number of nitrogens with zero attached hydrogens (tertiary/aromatic N) is 18. The van der Waals surface area contributed by atoms with Gasteiger partial charge in [0.05, 0.1) is 17.1 Å². The maximum absolute atomic E-state index is 12.7. The number of fused-ring (bicyclic) bond motifs is 3. The van der Waals surface area contributed by atoms with Gasteiger partial charge >= 0.3 is 81.7 Å². The quantitative estimate of drug-likeness (QED) is 0.141. The topological polar surface area (TPSA) is 239 Å². The molecule has 0 bridgehead atoms. The van der Waals surface area contributed by atoms with E-state index in [0.717, 1.165) is 118 Å². The minimum Gasteiger partial charge on any atom is -0.574 e. The van der Waals surface area contributed by atoms with Crippen molar-refractivity contribution in [3.8, 4) is 68.3 Å². The van der Waals surface area contributed by atoms with E-state index >= 15 is 0 Å². The number of hydrogen-bond acceptors (Lipinski definition) is 12. The number of rotatable bonds is 6. The first kappa shape index (κ1) is 89.2. The van der Waals surface area contributed by atoms with E-state index in [0.29, 0.717) is 17.1 Å². The minimum atomic E-state index is -4.50. The number of pyridine rings is 6. The molecule has 0 amide bonds. The van der Waals surface area contributed by atoms with E-state index in [4.69, 9.17) is 0 Å². The van der Waals surface area contributed by atoms with Crippen LogP contribution < -0.4 is 30.6 Å². The molecule has 18 nitrogen and oxygen atoms in total. The van der Waals surface area contributed by atoms with E-state index in [1.807, 2.05) is 154 Å². The third-order valence-electron chi connectivity index (χ3n) is 16.8. The Morgan fingerprint density at radius 1 is 0.259 bits per heavy atom. The standard InChI is InChI=1S/3C17H15F3N3.C13H16N3.2C9H8N3.3Pt/c1-16(2,3)12-5-4-10-9-21-13(7-11(10)6-12)14-8-15(23-22-14)17(18,19)20;2*1-16(2,3)11-4-5-12-10(8-11)6-7-21-15(12)13-9-14(23-22-13)17(18,19)20;1-9-7-12(16-15-9)11-8-10(5-6-14-11)13(2,3)4;2*1-7-6-9(12-11-7)8-4-2-3-5-10-8;;;/h3*4-9H,1-3H3;5-8H,1-4H3;2*2-6H,1H3;;;/q6*-1;3*+2. The molecular formula is C82H77F9N18Pt3. The van der Waals surface area contributed by atoms with Crippen LogP contribution in [0.1, 0.15) is 140 Å². The molecule has 3 aromatic carbocycles. The van der Waals surface area contributed by atoms with Gasteiger partial charge in [-0.15, -0.1) is 0 Å². The van der Waals surface area contributed by atoms with Crippen LogP contribution in [-0.4, -0.2) is 60.5 Å². The maximum Gasteiger partial charge on any atom is 2.00 e. The normalized spacial score (nSPS) is 11.7. The van der Waals surface area contributed by atoms with E-state index in [1.165, 1.54) is 5.56 Å². The Balaban J connectivity index is 0.000000189. The molecule has 0 aliphatic carbocycles. The van der Waals surface area contributed by atoms with Gasteiger partial charge < -0.3 is 61.2 Å². The third kappa shape index (κ3) is 23.6. The van der Waals surface area contributed by atoms with Crippen LogP contribution in [0.4, 0.5) is 39.5 Å². The molecule has 0 aliphatic rings. The van der Waals surface area contributed by atoms with Crippen molar-refractivity contribution in [2.45, 2.75) is 144 Å². The van der Waals surface area contributed by atoms with Gasteiger partial charge in [-0.25, -0.2) is 0 Å². The number of alkyl halides is 9. The number of benzene rings is 3. The first-order valence-electron chi connectivity index (χ1n) is 34.3. The number of aromatic nitrogens is 18. The van der Waals surface area contributed by atoms with E-state index in [9.17, 15) is 39.5 Å². The van der Waals surface area contributed by atoms with Gasteiger partial charge in [-0.2, -0.15) is 39.5 Å². The first-order chi connectivity index (χ1) is 51.1. The first-order valence-corrected chi connectivity index (χ1v) is 34.3. The summed E-state index contributed by atoms with van der Waals surface area (Å²) in [6, 6.07) is 47.4. The fourth-order valence-electron chi connectivity index (χ4n) is 10.7. The van der Waals surface area contributed by atoms with Gasteiger partial charge in [-0.3, -0.25) is 29.9 Å². The monoisotopic (exact) mass is 2070 g/mol. The summed E-state index contributed by atoms with van der Waals surface area (Å²) in [7, 11) is 0. The van der Waals surface area contributed by atoms with E-state index in [-0.39, 0.29) is 102 Å². The van der Waals surface area contributed by atoms with Gasteiger partial charge in [0, 0.05) is 87.5 Å². The number of halogens is 9. The molecule has 0 saturated heterocycles. The van der Waals surface area contributed by atoms with Crippen molar-refractivity contribution in [1.82, 2.24) is 91.1 Å². The van der Waals surface area contributed by atoms with Gasteiger partial charge in [0.15, 0.2) is 0 Å². The molecule has 15 aromatic rings. The molecule has 588 valence electrons. The molecule has 0 fully saturated rings. The van der Waals surface area contributed by atoms with Crippen molar-refractivity contribution in [1.29, 1.82) is 0 Å². The predicted octanol–water partition coefficient (Wildman–Crippen LogP) is 19.2. The van der Waals surface area contributed by atoms with Crippen LogP contribution in [0, 0.1) is 20.8 Å². The zero-order valence-electron chi connectivity index (χ0n) is 63.4. The Morgan fingerprint density at radius 3 is 0.938 bits per heavy atom. The fourth-order valence-corrected chi connectivity index (χ4v) is 10.7. The molecule has 0 unspecified atom stereocenters. The van der Waals surface area contributed by atoms with E-state index in [1.54, 1.807) is 37.1 Å². The Morgan fingerprint density at radius 2 is 0.580 bits per heavy atom. The summed E-state index contributed by atoms with van der Waals surface area (Å²) in [6.07, 6.45) is -3.39. The summed E-state index contributed by atoms with van der Waals surface area (Å²) < 4.78 is 114. The van der Waals surface area contributed by atoms with Crippen LogP contribution in [0.5, 0.6) is 0 Å². The molecule has 0 atom stereocenters. The van der Waals surface area contributed by atoms with E-state index < -0.39 is 35.6 Å². The fraction of sp³-hybridized carbons (Fsp3) is 0.268. The van der Waals surface area contributed by atoms with Gasteiger partial charge in [-0.05, 0) is 154 Å². The van der Waals surface area contributed by atoms with Crippen LogP contribution in [0.25, 0.3) is 101 Å². The summed E-state index contributed by atoms with van der Waals surface area (Å²) in [4.78, 5) is 25.2. The molecule has 0 radical (unpaired) electrons. The smallest absolute Gasteiger partial charge is 0.574 e. The zero-order chi connectivity index (χ0) is 79.0. The van der Waals surface area contributed by atoms with Crippen molar-refractivity contribution < 1.29 is 103 Å². The number of hydrogen-bond donors (Lipinski definition) is 0. The van der Waals surface area contributed by atoms with Gasteiger partial charge in [0.25, 0.3) is 0 Å². The molecule has 12 heterocycles. The van der Waals surface area contributed by atoms with Crippen molar-refractivity contribution >= 4 is 32.3 Å². The second kappa shape index (κ2) is 36.7. The van der Waals surface area contributed by atoms with Crippen LogP contribution in [0.15, 0.2) is 195 Å².